The van der Waals surface area contributed by atoms with Crippen molar-refractivity contribution in [3.05, 3.63) is 24.0 Å². The normalized spacial score (nSPS) is 11.4. The molecule has 10 nitrogen and oxygen atoms in total. The number of fused-ring (bicyclic) bond motifs is 1. The van der Waals surface area contributed by atoms with E-state index in [1.807, 2.05) is 62.4 Å². The molecule has 2 rings (SSSR count). The molecule has 1 unspecified atom stereocenters. The van der Waals surface area contributed by atoms with Gasteiger partial charge >= 0.3 is 12.1 Å². The molecule has 0 aliphatic heterocycles. The minimum atomic E-state index is -0.958. The molecule has 0 aliphatic rings. The van der Waals surface area contributed by atoms with E-state index in [1.165, 1.54) is 0 Å². The van der Waals surface area contributed by atoms with Crippen LogP contribution in [0.4, 0.5) is 10.5 Å². The van der Waals surface area contributed by atoms with Gasteiger partial charge in [0.05, 0.1) is 30.9 Å². The molecule has 0 saturated heterocycles. The molecule has 2 aromatic rings. The molecule has 36 heavy (non-hydrogen) atoms. The highest BCUT2D eigenvalue weighted by molar-refractivity contribution is 5.83. The molecule has 10 heteroatoms. The van der Waals surface area contributed by atoms with Crippen molar-refractivity contribution in [1.29, 1.82) is 0 Å². The lowest BCUT2D eigenvalue weighted by atomic mass is 10.2. The molecule has 0 spiro atoms. The van der Waals surface area contributed by atoms with Gasteiger partial charge in [0.1, 0.15) is 17.5 Å². The highest BCUT2D eigenvalue weighted by atomic mass is 16.6. The lowest BCUT2D eigenvalue weighted by molar-refractivity contribution is -0.145. The van der Waals surface area contributed by atoms with Gasteiger partial charge in [0, 0.05) is 32.2 Å². The van der Waals surface area contributed by atoms with Crippen LogP contribution in [-0.2, 0) is 27.7 Å². The van der Waals surface area contributed by atoms with Gasteiger partial charge in [-0.3, -0.25) is 0 Å². The van der Waals surface area contributed by atoms with Crippen molar-refractivity contribution < 1.29 is 29.3 Å². The smallest absolute Gasteiger partial charge is 0.408 e. The number of esters is 1. The van der Waals surface area contributed by atoms with Crippen molar-refractivity contribution >= 4 is 28.8 Å². The monoisotopic (exact) mass is 510 g/mol. The number of nitrogens with one attached hydrogen (secondary N) is 1. The van der Waals surface area contributed by atoms with Crippen molar-refractivity contribution in [1.82, 2.24) is 14.9 Å². The number of hydrogen-bond acceptors (Lipinski definition) is 8. The zero-order valence-electron chi connectivity index (χ0n) is 23.4. The Bertz CT molecular complexity index is 917. The van der Waals surface area contributed by atoms with Gasteiger partial charge in [-0.25, -0.2) is 14.6 Å². The van der Waals surface area contributed by atoms with Crippen LogP contribution in [0.1, 0.15) is 61.2 Å². The molecule has 0 bridgehead atoms. The summed E-state index contributed by atoms with van der Waals surface area (Å²) in [5, 5.41) is 21.2. The molecule has 1 aromatic heterocycles. The highest BCUT2D eigenvalue weighted by Crippen LogP contribution is 2.23. The number of amides is 1. The average molecular weight is 511 g/mol. The van der Waals surface area contributed by atoms with E-state index in [0.717, 1.165) is 11.2 Å². The van der Waals surface area contributed by atoms with Crippen LogP contribution in [0.15, 0.2) is 18.2 Å². The lowest BCUT2D eigenvalue weighted by Gasteiger charge is -2.22. The van der Waals surface area contributed by atoms with Crippen LogP contribution in [0.2, 0.25) is 0 Å². The Morgan fingerprint density at radius 2 is 1.69 bits per heavy atom. The fourth-order valence-corrected chi connectivity index (χ4v) is 3.30. The number of benzene rings is 1. The summed E-state index contributed by atoms with van der Waals surface area (Å²) in [7, 11) is 1.83. The molecular weight excluding hydrogens is 464 g/mol. The lowest BCUT2D eigenvalue weighted by Crippen LogP contribution is -2.45. The number of imidazole rings is 1. The van der Waals surface area contributed by atoms with E-state index in [9.17, 15) is 19.8 Å². The first kappa shape index (κ1) is 33.1. The van der Waals surface area contributed by atoms with Gasteiger partial charge in [0.25, 0.3) is 0 Å². The Morgan fingerprint density at radius 3 is 2.19 bits per heavy atom. The number of carbonyl (C=O) groups excluding carboxylic acids is 2. The van der Waals surface area contributed by atoms with Crippen LogP contribution in [0.25, 0.3) is 11.0 Å². The second kappa shape index (κ2) is 16.8. The second-order valence-corrected chi connectivity index (χ2v) is 8.35. The van der Waals surface area contributed by atoms with E-state index in [1.54, 1.807) is 27.7 Å². The van der Waals surface area contributed by atoms with Crippen LogP contribution < -0.4 is 10.2 Å². The number of nitrogens with zero attached hydrogens (tertiary/aromatic N) is 3. The summed E-state index contributed by atoms with van der Waals surface area (Å²) in [6.45, 7) is 15.8. The Kier molecular flexibility index (Phi) is 15.4. The molecule has 1 atom stereocenters. The van der Waals surface area contributed by atoms with Crippen LogP contribution in [-0.4, -0.2) is 76.4 Å². The van der Waals surface area contributed by atoms with Gasteiger partial charge in [-0.1, -0.05) is 27.7 Å². The summed E-state index contributed by atoms with van der Waals surface area (Å²) in [5.74, 6) is 0.0188. The minimum absolute atomic E-state index is 0.0386. The number of aromatic nitrogens is 2. The molecule has 1 amide bonds. The largest absolute Gasteiger partial charge is 0.464 e. The zero-order chi connectivity index (χ0) is 27.9. The van der Waals surface area contributed by atoms with E-state index in [-0.39, 0.29) is 26.2 Å². The molecule has 1 aromatic carbocycles. The zero-order valence-corrected chi connectivity index (χ0v) is 23.4. The average Bonchev–Trinajstić information content (AvgIpc) is 3.14. The Balaban J connectivity index is 0.00000291. The van der Waals surface area contributed by atoms with Crippen LogP contribution in [0.3, 0.4) is 0 Å². The summed E-state index contributed by atoms with van der Waals surface area (Å²) in [6, 6.07) is 4.69. The fourth-order valence-electron chi connectivity index (χ4n) is 3.30. The number of aliphatic hydroxyl groups excluding tert-OH is 2. The fraction of sp³-hybridized carbons (Fsp3) is 0.654. The van der Waals surface area contributed by atoms with Crippen LogP contribution in [0, 0.1) is 0 Å². The Hall–Kier alpha value is -2.85. The summed E-state index contributed by atoms with van der Waals surface area (Å²) in [6.07, 6.45) is -0.587. The maximum absolute atomic E-state index is 12.5. The summed E-state index contributed by atoms with van der Waals surface area (Å²) in [4.78, 5) is 31.2. The van der Waals surface area contributed by atoms with Gasteiger partial charge in [-0.15, -0.1) is 0 Å². The predicted octanol–water partition coefficient (Wildman–Crippen LogP) is 3.42. The third-order valence-electron chi connectivity index (χ3n) is 4.71. The van der Waals surface area contributed by atoms with Gasteiger partial charge in [-0.05, 0) is 45.9 Å². The first-order valence-corrected chi connectivity index (χ1v) is 12.7. The van der Waals surface area contributed by atoms with Crippen molar-refractivity contribution in [2.75, 3.05) is 37.8 Å². The molecule has 0 saturated carbocycles. The standard InChI is InChI=1S/C22H34N4O6.2C2H6/c1-6-31-20(29)17(24-21(30)32-22(2,3)4)14-19-23-16-13-15(7-8-18(16)25(19)5)26(9-11-27)10-12-28;2*1-2/h7-8,13,17,27-28H,6,9-12,14H2,1-5H3,(H,24,30);2*1-2H3. The van der Waals surface area contributed by atoms with Gasteiger partial charge < -0.3 is 34.5 Å². The van der Waals surface area contributed by atoms with Gasteiger partial charge in [-0.2, -0.15) is 0 Å². The predicted molar refractivity (Wildman–Crippen MR) is 143 cm³/mol. The number of aliphatic hydroxyl groups is 2. The van der Waals surface area contributed by atoms with Crippen molar-refractivity contribution in [2.24, 2.45) is 7.05 Å². The van der Waals surface area contributed by atoms with E-state index in [2.05, 4.69) is 10.3 Å². The second-order valence-electron chi connectivity index (χ2n) is 8.35. The molecule has 1 heterocycles. The number of rotatable bonds is 10. The number of hydrogen-bond donors (Lipinski definition) is 3. The van der Waals surface area contributed by atoms with Crippen LogP contribution >= 0.6 is 0 Å². The minimum Gasteiger partial charge on any atom is -0.464 e. The molecule has 0 radical (unpaired) electrons. The van der Waals surface area contributed by atoms with E-state index >= 15 is 0 Å². The van der Waals surface area contributed by atoms with E-state index in [0.29, 0.717) is 24.4 Å². The van der Waals surface area contributed by atoms with Crippen molar-refractivity contribution in [3.63, 3.8) is 0 Å². The maximum Gasteiger partial charge on any atom is 0.408 e. The molecule has 0 aliphatic carbocycles. The number of anilines is 1. The highest BCUT2D eigenvalue weighted by Gasteiger charge is 2.27. The third-order valence-corrected chi connectivity index (χ3v) is 4.71. The van der Waals surface area contributed by atoms with Crippen molar-refractivity contribution in [3.8, 4) is 0 Å². The Morgan fingerprint density at radius 1 is 1.11 bits per heavy atom. The number of carbonyl (C=O) groups is 2. The first-order chi connectivity index (χ1) is 17.1. The van der Waals surface area contributed by atoms with Crippen molar-refractivity contribution in [2.45, 2.75) is 73.5 Å². The summed E-state index contributed by atoms with van der Waals surface area (Å²) < 4.78 is 12.3. The SMILES string of the molecule is CC.CC.CCOC(=O)C(Cc1nc2cc(N(CCO)CCO)ccc2n1C)NC(=O)OC(C)(C)C. The molecule has 206 valence electrons. The maximum atomic E-state index is 12.5. The quantitative estimate of drug-likeness (QED) is 0.415. The first-order valence-electron chi connectivity index (χ1n) is 12.7. The Labute approximate surface area is 215 Å². The van der Waals surface area contributed by atoms with Gasteiger partial charge in [0.15, 0.2) is 0 Å². The van der Waals surface area contributed by atoms with Crippen LogP contribution in [0.5, 0.6) is 0 Å². The number of alkyl carbamates (subject to hydrolysis) is 1. The number of ether oxygens (including phenoxy) is 2. The third kappa shape index (κ3) is 10.4. The van der Waals surface area contributed by atoms with Gasteiger partial charge in [0.2, 0.25) is 0 Å². The molecule has 0 fully saturated rings. The number of aryl methyl sites for hydroxylation is 1. The van der Waals surface area contributed by atoms with E-state index in [4.69, 9.17) is 9.47 Å². The topological polar surface area (TPSA) is 126 Å². The summed E-state index contributed by atoms with van der Waals surface area (Å²) in [5.41, 5.74) is 1.66. The summed E-state index contributed by atoms with van der Waals surface area (Å²) >= 11 is 0. The molecular formula is C26H46N4O6. The van der Waals surface area contributed by atoms with E-state index < -0.39 is 23.7 Å². The molecule has 3 N–H and O–H groups in total.